The summed E-state index contributed by atoms with van der Waals surface area (Å²) < 4.78 is 16.0. The molecule has 1 atom stereocenters. The lowest BCUT2D eigenvalue weighted by atomic mass is 9.83. The molecule has 1 saturated heterocycles. The molecule has 3 rings (SSSR count). The Bertz CT molecular complexity index is 568. The first-order valence-electron chi connectivity index (χ1n) is 9.02. The molecule has 1 aromatic rings. The third-order valence-corrected chi connectivity index (χ3v) is 5.00. The molecule has 25 heavy (non-hydrogen) atoms. The van der Waals surface area contributed by atoms with E-state index in [-0.39, 0.29) is 12.2 Å². The zero-order chi connectivity index (χ0) is 17.7. The van der Waals surface area contributed by atoms with E-state index in [4.69, 9.17) is 14.2 Å². The number of amides is 1. The normalized spacial score (nSPS) is 22.7. The smallest absolute Gasteiger partial charge is 0.414 e. The average Bonchev–Trinajstić information content (AvgIpc) is 2.97. The van der Waals surface area contributed by atoms with E-state index >= 15 is 0 Å². The maximum Gasteiger partial charge on any atom is 0.414 e. The van der Waals surface area contributed by atoms with Crippen molar-refractivity contribution in [2.24, 2.45) is 0 Å². The van der Waals surface area contributed by atoms with Gasteiger partial charge in [-0.1, -0.05) is 19.3 Å². The highest BCUT2D eigenvalue weighted by Crippen LogP contribution is 2.31. The van der Waals surface area contributed by atoms with E-state index < -0.39 is 5.60 Å². The van der Waals surface area contributed by atoms with Crippen LogP contribution in [0, 0.1) is 0 Å². The van der Waals surface area contributed by atoms with Crippen LogP contribution in [0.5, 0.6) is 5.75 Å². The van der Waals surface area contributed by atoms with E-state index in [1.165, 1.54) is 6.42 Å². The molecule has 1 amide bonds. The number of carbonyl (C=O) groups is 1. The van der Waals surface area contributed by atoms with E-state index in [0.29, 0.717) is 26.2 Å². The van der Waals surface area contributed by atoms with Gasteiger partial charge in [-0.3, -0.25) is 4.90 Å². The number of anilines is 1. The van der Waals surface area contributed by atoms with Crippen molar-refractivity contribution in [1.29, 1.82) is 0 Å². The van der Waals surface area contributed by atoms with Gasteiger partial charge in [0.05, 0.1) is 25.4 Å². The Kier molecular flexibility index (Phi) is 5.81. The molecule has 6 heteroatoms. The lowest BCUT2D eigenvalue weighted by molar-refractivity contribution is -0.0135. The number of cyclic esters (lactones) is 1. The van der Waals surface area contributed by atoms with Crippen molar-refractivity contribution in [2.75, 3.05) is 31.8 Å². The first-order chi connectivity index (χ1) is 12.1. The molecule has 0 radical (unpaired) electrons. The maximum atomic E-state index is 11.9. The first kappa shape index (κ1) is 18.0. The molecular weight excluding hydrogens is 322 g/mol. The Morgan fingerprint density at radius 1 is 1.24 bits per heavy atom. The van der Waals surface area contributed by atoms with Crippen molar-refractivity contribution < 1.29 is 24.1 Å². The zero-order valence-corrected chi connectivity index (χ0v) is 14.8. The SMILES string of the molecule is COCC1CN(c2ccc(OCCC3(O)CCCCC3)cc2)C(=O)O1. The molecule has 0 aromatic heterocycles. The van der Waals surface area contributed by atoms with Gasteiger partial charge in [-0.25, -0.2) is 4.79 Å². The van der Waals surface area contributed by atoms with E-state index in [1.54, 1.807) is 12.0 Å². The second-order valence-corrected chi connectivity index (χ2v) is 6.95. The summed E-state index contributed by atoms with van der Waals surface area (Å²) in [4.78, 5) is 13.5. The highest BCUT2D eigenvalue weighted by atomic mass is 16.6. The van der Waals surface area contributed by atoms with Gasteiger partial charge in [0.15, 0.2) is 0 Å². The lowest BCUT2D eigenvalue weighted by Crippen LogP contribution is -2.33. The van der Waals surface area contributed by atoms with Crippen LogP contribution in [0.25, 0.3) is 0 Å². The number of benzene rings is 1. The van der Waals surface area contributed by atoms with Gasteiger partial charge in [-0.05, 0) is 37.1 Å². The number of rotatable bonds is 7. The summed E-state index contributed by atoms with van der Waals surface area (Å²) in [5.74, 6) is 0.740. The lowest BCUT2D eigenvalue weighted by Gasteiger charge is -2.31. The number of ether oxygens (including phenoxy) is 3. The summed E-state index contributed by atoms with van der Waals surface area (Å²) in [6.45, 7) is 1.38. The highest BCUT2D eigenvalue weighted by molar-refractivity contribution is 5.89. The Morgan fingerprint density at radius 2 is 1.96 bits per heavy atom. The molecule has 2 aliphatic rings. The fourth-order valence-corrected chi connectivity index (χ4v) is 3.55. The van der Waals surface area contributed by atoms with Gasteiger partial charge < -0.3 is 19.3 Å². The predicted molar refractivity (Wildman–Crippen MR) is 94.1 cm³/mol. The maximum absolute atomic E-state index is 11.9. The Labute approximate surface area is 148 Å². The number of hydrogen-bond acceptors (Lipinski definition) is 5. The van der Waals surface area contributed by atoms with E-state index in [9.17, 15) is 9.90 Å². The molecule has 0 bridgehead atoms. The van der Waals surface area contributed by atoms with Crippen LogP contribution in [0.3, 0.4) is 0 Å². The van der Waals surface area contributed by atoms with Crippen LogP contribution in [0.15, 0.2) is 24.3 Å². The zero-order valence-electron chi connectivity index (χ0n) is 14.8. The third kappa shape index (κ3) is 4.64. The van der Waals surface area contributed by atoms with Crippen molar-refractivity contribution in [3.05, 3.63) is 24.3 Å². The Hall–Kier alpha value is -1.79. The largest absolute Gasteiger partial charge is 0.493 e. The fourth-order valence-electron chi connectivity index (χ4n) is 3.55. The third-order valence-electron chi connectivity index (χ3n) is 5.00. The highest BCUT2D eigenvalue weighted by Gasteiger charge is 2.32. The number of nitrogens with zero attached hydrogens (tertiary/aromatic N) is 1. The molecule has 1 N–H and O–H groups in total. The number of carbonyl (C=O) groups excluding carboxylic acids is 1. The van der Waals surface area contributed by atoms with Crippen LogP contribution in [0.4, 0.5) is 10.5 Å². The standard InChI is InChI=1S/C19H27NO5/c1-23-14-17-13-20(18(21)25-17)15-5-7-16(8-6-15)24-12-11-19(22)9-3-2-4-10-19/h5-8,17,22H,2-4,9-14H2,1H3. The molecule has 1 aromatic carbocycles. The van der Waals surface area contributed by atoms with Gasteiger partial charge in [0, 0.05) is 19.2 Å². The van der Waals surface area contributed by atoms with E-state index in [1.807, 2.05) is 24.3 Å². The van der Waals surface area contributed by atoms with Crippen LogP contribution in [-0.2, 0) is 9.47 Å². The molecule has 1 saturated carbocycles. The topological polar surface area (TPSA) is 68.2 Å². The van der Waals surface area contributed by atoms with Crippen LogP contribution in [-0.4, -0.2) is 49.8 Å². The van der Waals surface area contributed by atoms with Gasteiger partial charge in [0.1, 0.15) is 11.9 Å². The van der Waals surface area contributed by atoms with Crippen LogP contribution >= 0.6 is 0 Å². The second kappa shape index (κ2) is 8.06. The summed E-state index contributed by atoms with van der Waals surface area (Å²) in [7, 11) is 1.59. The molecular formula is C19H27NO5. The van der Waals surface area contributed by atoms with E-state index in [0.717, 1.165) is 37.1 Å². The van der Waals surface area contributed by atoms with Gasteiger partial charge in [-0.2, -0.15) is 0 Å². The number of aliphatic hydroxyl groups is 1. The monoisotopic (exact) mass is 349 g/mol. The molecule has 1 unspecified atom stereocenters. The molecule has 1 aliphatic heterocycles. The Morgan fingerprint density at radius 3 is 2.64 bits per heavy atom. The van der Waals surface area contributed by atoms with Crippen molar-refractivity contribution >= 4 is 11.8 Å². The Balaban J connectivity index is 1.50. The van der Waals surface area contributed by atoms with E-state index in [2.05, 4.69) is 0 Å². The summed E-state index contributed by atoms with van der Waals surface area (Å²) in [6.07, 6.45) is 5.23. The van der Waals surface area contributed by atoms with Crippen molar-refractivity contribution in [3.63, 3.8) is 0 Å². The molecule has 1 aliphatic carbocycles. The number of hydrogen-bond donors (Lipinski definition) is 1. The number of methoxy groups -OCH3 is 1. The molecule has 6 nitrogen and oxygen atoms in total. The minimum Gasteiger partial charge on any atom is -0.493 e. The van der Waals surface area contributed by atoms with Gasteiger partial charge >= 0.3 is 6.09 Å². The summed E-state index contributed by atoms with van der Waals surface area (Å²) in [5.41, 5.74) is 0.218. The minimum atomic E-state index is -0.562. The summed E-state index contributed by atoms with van der Waals surface area (Å²) in [5, 5.41) is 10.5. The van der Waals surface area contributed by atoms with Crippen LogP contribution in [0.1, 0.15) is 38.5 Å². The van der Waals surface area contributed by atoms with Gasteiger partial charge in [-0.15, -0.1) is 0 Å². The second-order valence-electron chi connectivity index (χ2n) is 6.95. The quantitative estimate of drug-likeness (QED) is 0.819. The van der Waals surface area contributed by atoms with Crippen molar-refractivity contribution in [2.45, 2.75) is 50.2 Å². The summed E-state index contributed by atoms with van der Waals surface area (Å²) >= 11 is 0. The van der Waals surface area contributed by atoms with Crippen LogP contribution in [0.2, 0.25) is 0 Å². The fraction of sp³-hybridized carbons (Fsp3) is 0.632. The molecule has 2 fully saturated rings. The minimum absolute atomic E-state index is 0.232. The van der Waals surface area contributed by atoms with Gasteiger partial charge in [0.25, 0.3) is 0 Å². The molecule has 138 valence electrons. The summed E-state index contributed by atoms with van der Waals surface area (Å²) in [6, 6.07) is 7.39. The predicted octanol–water partition coefficient (Wildman–Crippen LogP) is 3.12. The van der Waals surface area contributed by atoms with Crippen LogP contribution < -0.4 is 9.64 Å². The van der Waals surface area contributed by atoms with Gasteiger partial charge in [0.2, 0.25) is 0 Å². The average molecular weight is 349 g/mol. The van der Waals surface area contributed by atoms with Crippen molar-refractivity contribution in [3.8, 4) is 5.75 Å². The first-order valence-corrected chi connectivity index (χ1v) is 9.02. The van der Waals surface area contributed by atoms with Crippen molar-refractivity contribution in [1.82, 2.24) is 0 Å². The molecule has 1 heterocycles. The molecule has 0 spiro atoms.